The summed E-state index contributed by atoms with van der Waals surface area (Å²) in [4.78, 5) is 3.40. The van der Waals surface area contributed by atoms with Crippen LogP contribution in [0.15, 0.2) is 0 Å². The van der Waals surface area contributed by atoms with Crippen molar-refractivity contribution in [1.82, 2.24) is 5.32 Å². The highest BCUT2D eigenvalue weighted by Gasteiger charge is 2.44. The Hall–Kier alpha value is -0.770. The van der Waals surface area contributed by atoms with Crippen molar-refractivity contribution < 1.29 is 9.73 Å². The Labute approximate surface area is 136 Å². The molecule has 1 fully saturated rings. The molecule has 4 nitrogen and oxygen atoms in total. The fraction of sp³-hybridized carbons (Fsp3) is 0.944. The standard InChI is InChI=1S/C18H35N3O/c1-2-3-4-5-6-7-8-9-10-12-16-15-18(13-11-14-22-18)21-17(19)20-16/h16H,2-15H2,1H3,(H3,19,20,21)/p+1/t16-,18-/m0/s1. The van der Waals surface area contributed by atoms with E-state index >= 15 is 0 Å². The minimum absolute atomic E-state index is 0.167. The van der Waals surface area contributed by atoms with Crippen molar-refractivity contribution in [3.05, 3.63) is 0 Å². The van der Waals surface area contributed by atoms with Gasteiger partial charge in [-0.2, -0.15) is 0 Å². The van der Waals surface area contributed by atoms with Gasteiger partial charge in [0, 0.05) is 12.8 Å². The molecule has 0 amide bonds. The average molecular weight is 311 g/mol. The van der Waals surface area contributed by atoms with E-state index in [-0.39, 0.29) is 5.72 Å². The maximum Gasteiger partial charge on any atom is 0.343 e. The van der Waals surface area contributed by atoms with Crippen LogP contribution in [0.2, 0.25) is 0 Å². The first-order chi connectivity index (χ1) is 10.7. The van der Waals surface area contributed by atoms with Crippen LogP contribution in [0.25, 0.3) is 0 Å². The number of rotatable bonds is 10. The van der Waals surface area contributed by atoms with E-state index in [0.717, 1.165) is 25.9 Å². The zero-order valence-corrected chi connectivity index (χ0v) is 14.5. The summed E-state index contributed by atoms with van der Waals surface area (Å²) in [6, 6.07) is 0.476. The van der Waals surface area contributed by atoms with E-state index in [1.54, 1.807) is 0 Å². The zero-order chi connectivity index (χ0) is 15.7. The third-order valence-electron chi connectivity index (χ3n) is 5.06. The molecule has 1 spiro atoms. The first kappa shape index (κ1) is 17.6. The fourth-order valence-corrected chi connectivity index (χ4v) is 3.83. The molecule has 0 aromatic rings. The molecule has 0 aromatic heterocycles. The number of guanidine groups is 1. The molecular weight excluding hydrogens is 274 g/mol. The second kappa shape index (κ2) is 9.39. The molecule has 4 N–H and O–H groups in total. The second-order valence-electron chi connectivity index (χ2n) is 7.15. The molecule has 2 aliphatic heterocycles. The van der Waals surface area contributed by atoms with E-state index < -0.39 is 0 Å². The van der Waals surface area contributed by atoms with Crippen LogP contribution in [0.3, 0.4) is 0 Å². The van der Waals surface area contributed by atoms with Gasteiger partial charge in [-0.25, -0.2) is 5.32 Å². The molecule has 0 bridgehead atoms. The van der Waals surface area contributed by atoms with Crippen LogP contribution in [0.1, 0.15) is 90.4 Å². The maximum atomic E-state index is 6.00. The van der Waals surface area contributed by atoms with Gasteiger partial charge in [0.25, 0.3) is 0 Å². The molecule has 2 rings (SSSR count). The Morgan fingerprint density at radius 1 is 1.14 bits per heavy atom. The van der Waals surface area contributed by atoms with Crippen molar-refractivity contribution in [1.29, 1.82) is 0 Å². The van der Waals surface area contributed by atoms with Gasteiger partial charge in [-0.15, -0.1) is 0 Å². The van der Waals surface area contributed by atoms with Gasteiger partial charge in [0.2, 0.25) is 0 Å². The van der Waals surface area contributed by atoms with Crippen LogP contribution < -0.4 is 16.0 Å². The number of nitrogens with two attached hydrogens (primary N) is 1. The summed E-state index contributed by atoms with van der Waals surface area (Å²) in [6.07, 6.45) is 17.0. The van der Waals surface area contributed by atoms with Crippen molar-refractivity contribution in [2.75, 3.05) is 6.61 Å². The highest BCUT2D eigenvalue weighted by molar-refractivity contribution is 5.72. The zero-order valence-electron chi connectivity index (χ0n) is 14.5. The molecule has 0 aliphatic carbocycles. The van der Waals surface area contributed by atoms with Crippen molar-refractivity contribution >= 4 is 5.96 Å². The summed E-state index contributed by atoms with van der Waals surface area (Å²) in [5, 5.41) is 3.32. The number of unbranched alkanes of at least 4 members (excludes halogenated alkanes) is 8. The van der Waals surface area contributed by atoms with Crippen LogP contribution in [-0.4, -0.2) is 24.3 Å². The molecule has 0 aromatic carbocycles. The minimum atomic E-state index is -0.167. The summed E-state index contributed by atoms with van der Waals surface area (Å²) >= 11 is 0. The number of hydrogen-bond acceptors (Lipinski definition) is 3. The first-order valence-corrected chi connectivity index (χ1v) is 9.55. The van der Waals surface area contributed by atoms with Gasteiger partial charge in [0.05, 0.1) is 12.6 Å². The lowest BCUT2D eigenvalue weighted by Gasteiger charge is -2.32. The lowest BCUT2D eigenvalue weighted by atomic mass is 9.95. The Kier molecular flexibility index (Phi) is 7.50. The molecule has 0 radical (unpaired) electrons. The van der Waals surface area contributed by atoms with Gasteiger partial charge >= 0.3 is 5.96 Å². The molecule has 0 saturated carbocycles. The monoisotopic (exact) mass is 310 g/mol. The Morgan fingerprint density at radius 2 is 1.82 bits per heavy atom. The summed E-state index contributed by atoms with van der Waals surface area (Å²) in [6.45, 7) is 3.14. The van der Waals surface area contributed by atoms with E-state index in [0.29, 0.717) is 12.0 Å². The van der Waals surface area contributed by atoms with Crippen LogP contribution in [0.4, 0.5) is 0 Å². The van der Waals surface area contributed by atoms with Gasteiger partial charge in [-0.05, 0) is 12.8 Å². The second-order valence-corrected chi connectivity index (χ2v) is 7.15. The Balaban J connectivity index is 1.54. The molecular formula is C18H36N3O+. The topological polar surface area (TPSA) is 61.2 Å². The lowest BCUT2D eigenvalue weighted by molar-refractivity contribution is -0.521. The average Bonchev–Trinajstić information content (AvgIpc) is 2.92. The highest BCUT2D eigenvalue weighted by atomic mass is 16.5. The third-order valence-corrected chi connectivity index (χ3v) is 5.06. The predicted octanol–water partition coefficient (Wildman–Crippen LogP) is 2.17. The van der Waals surface area contributed by atoms with E-state index in [1.807, 2.05) is 0 Å². The molecule has 2 atom stereocenters. The third kappa shape index (κ3) is 5.79. The van der Waals surface area contributed by atoms with Crippen molar-refractivity contribution in [2.24, 2.45) is 5.73 Å². The van der Waals surface area contributed by atoms with Crippen LogP contribution in [-0.2, 0) is 4.74 Å². The molecule has 1 saturated heterocycles. The number of hydrogen-bond donors (Lipinski definition) is 3. The van der Waals surface area contributed by atoms with Crippen LogP contribution >= 0.6 is 0 Å². The van der Waals surface area contributed by atoms with Crippen molar-refractivity contribution in [3.8, 4) is 0 Å². The number of ether oxygens (including phenoxy) is 1. The SMILES string of the molecule is CCCCCCCCCCC[C@H]1C[C@@]2(CCCO2)NC(N)=[NH+]1. The van der Waals surface area contributed by atoms with E-state index in [1.165, 1.54) is 64.2 Å². The van der Waals surface area contributed by atoms with Crippen molar-refractivity contribution in [2.45, 2.75) is 102 Å². The largest absolute Gasteiger partial charge is 0.343 e. The smallest absolute Gasteiger partial charge is 0.343 e. The minimum Gasteiger partial charge on any atom is -0.343 e. The fourth-order valence-electron chi connectivity index (χ4n) is 3.83. The molecule has 0 unspecified atom stereocenters. The maximum absolute atomic E-state index is 6.00. The summed E-state index contributed by atoms with van der Waals surface area (Å²) in [7, 11) is 0. The van der Waals surface area contributed by atoms with Gasteiger partial charge < -0.3 is 4.74 Å². The van der Waals surface area contributed by atoms with E-state index in [9.17, 15) is 0 Å². The highest BCUT2D eigenvalue weighted by Crippen LogP contribution is 2.28. The molecule has 22 heavy (non-hydrogen) atoms. The molecule has 128 valence electrons. The Morgan fingerprint density at radius 3 is 2.45 bits per heavy atom. The van der Waals surface area contributed by atoms with Crippen LogP contribution in [0, 0.1) is 0 Å². The van der Waals surface area contributed by atoms with Crippen molar-refractivity contribution in [3.63, 3.8) is 0 Å². The normalized spacial score (nSPS) is 27.9. The Bertz CT molecular complexity index is 337. The van der Waals surface area contributed by atoms with E-state index in [2.05, 4.69) is 17.2 Å². The van der Waals surface area contributed by atoms with Gasteiger partial charge in [-0.3, -0.25) is 10.7 Å². The number of nitrogens with one attached hydrogen (secondary N) is 2. The quantitative estimate of drug-likeness (QED) is 0.542. The summed E-state index contributed by atoms with van der Waals surface area (Å²) in [5.74, 6) is 0.703. The van der Waals surface area contributed by atoms with E-state index in [4.69, 9.17) is 10.5 Å². The summed E-state index contributed by atoms with van der Waals surface area (Å²) < 4.78 is 5.92. The van der Waals surface area contributed by atoms with Gasteiger partial charge in [-0.1, -0.05) is 64.7 Å². The van der Waals surface area contributed by atoms with Gasteiger partial charge in [0.15, 0.2) is 5.72 Å². The van der Waals surface area contributed by atoms with Gasteiger partial charge in [0.1, 0.15) is 0 Å². The molecule has 2 heterocycles. The summed E-state index contributed by atoms with van der Waals surface area (Å²) in [5.41, 5.74) is 5.84. The predicted molar refractivity (Wildman–Crippen MR) is 91.5 cm³/mol. The molecule has 2 aliphatic rings. The molecule has 4 heteroatoms. The first-order valence-electron chi connectivity index (χ1n) is 9.55. The van der Waals surface area contributed by atoms with Crippen LogP contribution in [0.5, 0.6) is 0 Å². The lowest BCUT2D eigenvalue weighted by Crippen LogP contribution is -2.90.